The maximum absolute atomic E-state index is 12.8. The summed E-state index contributed by atoms with van der Waals surface area (Å²) in [6.07, 6.45) is -2.89. The van der Waals surface area contributed by atoms with Gasteiger partial charge in [0.1, 0.15) is 5.56 Å². The molecule has 0 atom stereocenters. The molecule has 0 spiro atoms. The van der Waals surface area contributed by atoms with E-state index in [1.807, 2.05) is 0 Å². The lowest BCUT2D eigenvalue weighted by molar-refractivity contribution is -0.144. The number of ether oxygens (including phenoxy) is 1. The standard InChI is InChI=1S/C15H11Cl2F3N4O2/c1-2-26-13(25)9-6-21-14(15(18,19)20)23-12(9)24-22-7-8-10(16)4-3-5-11(8)17/h3-7H,2H2,1H3,(H,21,23,24)/b22-7+. The number of hydrogen-bond donors (Lipinski definition) is 1. The minimum absolute atomic E-state index is 0.0256. The largest absolute Gasteiger partial charge is 0.462 e. The molecule has 2 rings (SSSR count). The van der Waals surface area contributed by atoms with Crippen LogP contribution in [0.4, 0.5) is 19.0 Å². The lowest BCUT2D eigenvalue weighted by atomic mass is 10.2. The average Bonchev–Trinajstić information content (AvgIpc) is 2.56. The summed E-state index contributed by atoms with van der Waals surface area (Å²) in [7, 11) is 0. The summed E-state index contributed by atoms with van der Waals surface area (Å²) in [5.41, 5.74) is 2.30. The number of esters is 1. The molecule has 1 heterocycles. The van der Waals surface area contributed by atoms with Crippen LogP contribution in [-0.2, 0) is 10.9 Å². The molecule has 6 nitrogen and oxygen atoms in total. The Hall–Kier alpha value is -2.39. The Morgan fingerprint density at radius 1 is 1.35 bits per heavy atom. The van der Waals surface area contributed by atoms with Gasteiger partial charge >= 0.3 is 12.1 Å². The van der Waals surface area contributed by atoms with Crippen LogP contribution < -0.4 is 5.43 Å². The van der Waals surface area contributed by atoms with Gasteiger partial charge in [0.2, 0.25) is 5.82 Å². The molecular formula is C15H11Cl2F3N4O2. The van der Waals surface area contributed by atoms with Crippen LogP contribution in [0.3, 0.4) is 0 Å². The van der Waals surface area contributed by atoms with E-state index in [1.54, 1.807) is 25.1 Å². The van der Waals surface area contributed by atoms with Crippen LogP contribution in [0.2, 0.25) is 10.0 Å². The number of benzene rings is 1. The fourth-order valence-electron chi connectivity index (χ4n) is 1.75. The summed E-state index contributed by atoms with van der Waals surface area (Å²) in [6, 6.07) is 4.74. The number of hydrazone groups is 1. The molecule has 1 aromatic carbocycles. The minimum Gasteiger partial charge on any atom is -0.462 e. The maximum atomic E-state index is 12.8. The van der Waals surface area contributed by atoms with Crippen molar-refractivity contribution in [2.24, 2.45) is 5.10 Å². The Balaban J connectivity index is 2.36. The van der Waals surface area contributed by atoms with Gasteiger partial charge in [-0.25, -0.2) is 14.8 Å². The number of aromatic nitrogens is 2. The first-order chi connectivity index (χ1) is 12.2. The fourth-order valence-corrected chi connectivity index (χ4v) is 2.25. The molecule has 138 valence electrons. The van der Waals surface area contributed by atoms with Crippen molar-refractivity contribution in [1.29, 1.82) is 0 Å². The van der Waals surface area contributed by atoms with Crippen molar-refractivity contribution >= 4 is 41.2 Å². The molecule has 2 aromatic rings. The molecular weight excluding hydrogens is 396 g/mol. The second kappa shape index (κ2) is 8.33. The fraction of sp³-hybridized carbons (Fsp3) is 0.200. The number of nitrogens with zero attached hydrogens (tertiary/aromatic N) is 3. The number of carbonyl (C=O) groups excluding carboxylic acids is 1. The first kappa shape index (κ1) is 19.9. The molecule has 0 fully saturated rings. The van der Waals surface area contributed by atoms with E-state index >= 15 is 0 Å². The Morgan fingerprint density at radius 2 is 2.00 bits per heavy atom. The highest BCUT2D eigenvalue weighted by molar-refractivity contribution is 6.38. The number of halogens is 5. The van der Waals surface area contributed by atoms with Crippen molar-refractivity contribution in [3.8, 4) is 0 Å². The second-order valence-electron chi connectivity index (χ2n) is 4.68. The first-order valence-corrected chi connectivity index (χ1v) is 7.84. The zero-order valence-corrected chi connectivity index (χ0v) is 14.7. The highest BCUT2D eigenvalue weighted by Crippen LogP contribution is 2.28. The Bertz CT molecular complexity index is 824. The Morgan fingerprint density at radius 3 is 2.58 bits per heavy atom. The van der Waals surface area contributed by atoms with Crippen LogP contribution in [0.5, 0.6) is 0 Å². The number of hydrogen-bond acceptors (Lipinski definition) is 6. The van der Waals surface area contributed by atoms with Gasteiger partial charge in [-0.2, -0.15) is 18.3 Å². The summed E-state index contributed by atoms with van der Waals surface area (Å²) in [4.78, 5) is 18.3. The lowest BCUT2D eigenvalue weighted by Crippen LogP contribution is -2.16. The number of carbonyl (C=O) groups is 1. The van der Waals surface area contributed by atoms with E-state index in [0.717, 1.165) is 0 Å². The summed E-state index contributed by atoms with van der Waals surface area (Å²) < 4.78 is 43.2. The van der Waals surface area contributed by atoms with Crippen LogP contribution in [0, 0.1) is 0 Å². The number of anilines is 1. The topological polar surface area (TPSA) is 76.5 Å². The quantitative estimate of drug-likeness (QED) is 0.451. The molecule has 11 heteroatoms. The van der Waals surface area contributed by atoms with Gasteiger partial charge in [-0.05, 0) is 19.1 Å². The SMILES string of the molecule is CCOC(=O)c1cnc(C(F)(F)F)nc1N/N=C/c1c(Cl)cccc1Cl. The zero-order valence-electron chi connectivity index (χ0n) is 13.1. The van der Waals surface area contributed by atoms with Crippen molar-refractivity contribution in [3.63, 3.8) is 0 Å². The van der Waals surface area contributed by atoms with Crippen LogP contribution in [0.1, 0.15) is 28.7 Å². The van der Waals surface area contributed by atoms with Gasteiger partial charge in [0.15, 0.2) is 5.82 Å². The third kappa shape index (κ3) is 4.83. The molecule has 0 saturated carbocycles. The van der Waals surface area contributed by atoms with Gasteiger partial charge in [-0.1, -0.05) is 29.3 Å². The molecule has 0 unspecified atom stereocenters. The first-order valence-electron chi connectivity index (χ1n) is 7.08. The highest BCUT2D eigenvalue weighted by atomic mass is 35.5. The van der Waals surface area contributed by atoms with E-state index in [-0.39, 0.29) is 22.2 Å². The molecule has 0 amide bonds. The molecule has 0 aliphatic carbocycles. The van der Waals surface area contributed by atoms with Crippen molar-refractivity contribution in [2.45, 2.75) is 13.1 Å². The van der Waals surface area contributed by atoms with Crippen molar-refractivity contribution in [2.75, 3.05) is 12.0 Å². The van der Waals surface area contributed by atoms with Gasteiger partial charge in [0.25, 0.3) is 0 Å². The van der Waals surface area contributed by atoms with Gasteiger partial charge in [-0.15, -0.1) is 0 Å². The Kier molecular flexibility index (Phi) is 6.38. The van der Waals surface area contributed by atoms with Gasteiger partial charge in [-0.3, -0.25) is 5.43 Å². The van der Waals surface area contributed by atoms with E-state index in [2.05, 4.69) is 20.5 Å². The minimum atomic E-state index is -4.79. The molecule has 0 aliphatic heterocycles. The van der Waals surface area contributed by atoms with Crippen LogP contribution in [-0.4, -0.2) is 28.8 Å². The number of nitrogens with one attached hydrogen (secondary N) is 1. The molecule has 0 saturated heterocycles. The lowest BCUT2D eigenvalue weighted by Gasteiger charge is -2.10. The molecule has 1 N–H and O–H groups in total. The molecule has 0 radical (unpaired) electrons. The zero-order chi connectivity index (χ0) is 19.3. The molecule has 0 bridgehead atoms. The molecule has 0 aliphatic rings. The predicted octanol–water partition coefficient (Wildman–Crippen LogP) is 4.42. The van der Waals surface area contributed by atoms with Gasteiger partial charge in [0.05, 0.1) is 22.9 Å². The van der Waals surface area contributed by atoms with Gasteiger partial charge in [0, 0.05) is 11.8 Å². The highest BCUT2D eigenvalue weighted by Gasteiger charge is 2.35. The summed E-state index contributed by atoms with van der Waals surface area (Å²) in [5, 5.41) is 4.32. The summed E-state index contributed by atoms with van der Waals surface area (Å²) >= 11 is 11.9. The average molecular weight is 407 g/mol. The maximum Gasteiger partial charge on any atom is 0.451 e. The van der Waals surface area contributed by atoms with Crippen LogP contribution >= 0.6 is 23.2 Å². The molecule has 1 aromatic heterocycles. The number of rotatable bonds is 5. The van der Waals surface area contributed by atoms with E-state index in [9.17, 15) is 18.0 Å². The monoisotopic (exact) mass is 406 g/mol. The predicted molar refractivity (Wildman–Crippen MR) is 90.7 cm³/mol. The van der Waals surface area contributed by atoms with E-state index in [4.69, 9.17) is 27.9 Å². The number of alkyl halides is 3. The molecule has 26 heavy (non-hydrogen) atoms. The van der Waals surface area contributed by atoms with Crippen molar-refractivity contribution in [1.82, 2.24) is 9.97 Å². The normalized spacial score (nSPS) is 11.6. The third-order valence-electron chi connectivity index (χ3n) is 2.90. The van der Waals surface area contributed by atoms with Gasteiger partial charge < -0.3 is 4.74 Å². The van der Waals surface area contributed by atoms with Crippen molar-refractivity contribution < 1.29 is 22.7 Å². The van der Waals surface area contributed by atoms with Crippen molar-refractivity contribution in [3.05, 3.63) is 51.4 Å². The van der Waals surface area contributed by atoms with Crippen LogP contribution in [0.15, 0.2) is 29.5 Å². The van der Waals surface area contributed by atoms with E-state index in [0.29, 0.717) is 11.8 Å². The van der Waals surface area contributed by atoms with Crippen LogP contribution in [0.25, 0.3) is 0 Å². The van der Waals surface area contributed by atoms with E-state index < -0.39 is 23.8 Å². The third-order valence-corrected chi connectivity index (χ3v) is 3.56. The Labute approximate surface area is 156 Å². The summed E-state index contributed by atoms with van der Waals surface area (Å²) in [5.74, 6) is -2.79. The summed E-state index contributed by atoms with van der Waals surface area (Å²) in [6.45, 7) is 1.57. The smallest absolute Gasteiger partial charge is 0.451 e. The second-order valence-corrected chi connectivity index (χ2v) is 5.49. The van der Waals surface area contributed by atoms with E-state index in [1.165, 1.54) is 6.21 Å².